The average Bonchev–Trinajstić information content (AvgIpc) is 3.35. The number of piperidine rings is 1. The standard InChI is InChI=1S/C22H27N3O3S/c1-15(2)13-17-14-28-22(27)25(17)16-8-11-24(12-9-16)21(26)20-7-6-19(29-20)18-5-3-4-10-23-18/h3-7,10,15-17H,8-9,11-14H2,1-2H3. The van der Waals surface area contributed by atoms with Gasteiger partial charge in [-0.3, -0.25) is 14.7 Å². The maximum absolute atomic E-state index is 13.0. The highest BCUT2D eigenvalue weighted by atomic mass is 32.1. The third-order valence-corrected chi connectivity index (χ3v) is 6.72. The largest absolute Gasteiger partial charge is 0.447 e. The fourth-order valence-corrected chi connectivity index (χ4v) is 5.20. The van der Waals surface area contributed by atoms with Crippen molar-refractivity contribution in [2.75, 3.05) is 19.7 Å². The predicted molar refractivity (Wildman–Crippen MR) is 113 cm³/mol. The zero-order chi connectivity index (χ0) is 20.4. The molecular formula is C22H27N3O3S. The van der Waals surface area contributed by atoms with Crippen LogP contribution in [0.15, 0.2) is 36.5 Å². The quantitative estimate of drug-likeness (QED) is 0.734. The van der Waals surface area contributed by atoms with Crippen LogP contribution >= 0.6 is 11.3 Å². The first-order valence-corrected chi connectivity index (χ1v) is 11.1. The molecule has 4 heterocycles. The van der Waals surface area contributed by atoms with Gasteiger partial charge >= 0.3 is 6.09 Å². The van der Waals surface area contributed by atoms with Crippen LogP contribution in [-0.2, 0) is 4.74 Å². The highest BCUT2D eigenvalue weighted by Crippen LogP contribution is 2.30. The van der Waals surface area contributed by atoms with Crippen molar-refractivity contribution < 1.29 is 14.3 Å². The number of carbonyl (C=O) groups is 2. The molecule has 0 N–H and O–H groups in total. The Hall–Kier alpha value is -2.41. The van der Waals surface area contributed by atoms with Gasteiger partial charge in [-0.2, -0.15) is 0 Å². The van der Waals surface area contributed by atoms with E-state index in [1.54, 1.807) is 6.20 Å². The first kappa shape index (κ1) is 19.9. The van der Waals surface area contributed by atoms with Crippen LogP contribution in [-0.4, -0.2) is 58.6 Å². The average molecular weight is 414 g/mol. The molecule has 0 saturated carbocycles. The summed E-state index contributed by atoms with van der Waals surface area (Å²) in [6.45, 7) is 6.16. The number of aromatic nitrogens is 1. The Balaban J connectivity index is 1.38. The fraction of sp³-hybridized carbons (Fsp3) is 0.500. The van der Waals surface area contributed by atoms with Crippen LogP contribution in [0.5, 0.6) is 0 Å². The van der Waals surface area contributed by atoms with Crippen molar-refractivity contribution in [1.29, 1.82) is 0 Å². The van der Waals surface area contributed by atoms with Crippen LogP contribution in [0.3, 0.4) is 0 Å². The molecule has 1 unspecified atom stereocenters. The van der Waals surface area contributed by atoms with Gasteiger partial charge in [0.15, 0.2) is 0 Å². The molecule has 2 aromatic rings. The summed E-state index contributed by atoms with van der Waals surface area (Å²) in [7, 11) is 0. The number of cyclic esters (lactones) is 1. The Bertz CT molecular complexity index is 859. The van der Waals surface area contributed by atoms with Crippen LogP contribution < -0.4 is 0 Å². The number of ether oxygens (including phenoxy) is 1. The van der Waals surface area contributed by atoms with Crippen LogP contribution in [0, 0.1) is 5.92 Å². The molecule has 1 atom stereocenters. The van der Waals surface area contributed by atoms with Gasteiger partial charge in [0.1, 0.15) is 6.61 Å². The smallest absolute Gasteiger partial charge is 0.410 e. The van der Waals surface area contributed by atoms with Crippen molar-refractivity contribution in [2.24, 2.45) is 5.92 Å². The Kier molecular flexibility index (Phi) is 5.85. The van der Waals surface area contributed by atoms with E-state index in [1.807, 2.05) is 40.1 Å². The van der Waals surface area contributed by atoms with Gasteiger partial charge < -0.3 is 9.64 Å². The summed E-state index contributed by atoms with van der Waals surface area (Å²) < 4.78 is 5.32. The molecule has 2 fully saturated rings. The van der Waals surface area contributed by atoms with Gasteiger partial charge in [0, 0.05) is 25.3 Å². The van der Waals surface area contributed by atoms with E-state index in [0.29, 0.717) is 25.6 Å². The van der Waals surface area contributed by atoms with Crippen LogP contribution in [0.1, 0.15) is 42.8 Å². The summed E-state index contributed by atoms with van der Waals surface area (Å²) in [6, 6.07) is 9.95. The van der Waals surface area contributed by atoms with E-state index in [9.17, 15) is 9.59 Å². The molecule has 2 amide bonds. The van der Waals surface area contributed by atoms with Gasteiger partial charge in [0.05, 0.1) is 21.5 Å². The van der Waals surface area contributed by atoms with E-state index in [4.69, 9.17) is 4.74 Å². The van der Waals surface area contributed by atoms with Crippen LogP contribution in [0.2, 0.25) is 0 Å². The van der Waals surface area contributed by atoms with Crippen molar-refractivity contribution in [3.8, 4) is 10.6 Å². The maximum atomic E-state index is 13.0. The SMILES string of the molecule is CC(C)CC1COC(=O)N1C1CCN(C(=O)c2ccc(-c3ccccn3)s2)CC1. The van der Waals surface area contributed by atoms with Crippen LogP contribution in [0.4, 0.5) is 4.79 Å². The lowest BCUT2D eigenvalue weighted by Gasteiger charge is -2.38. The second kappa shape index (κ2) is 8.53. The van der Waals surface area contributed by atoms with Crippen molar-refractivity contribution in [1.82, 2.24) is 14.8 Å². The van der Waals surface area contributed by atoms with E-state index in [0.717, 1.165) is 34.7 Å². The minimum Gasteiger partial charge on any atom is -0.447 e. The molecule has 0 spiro atoms. The Morgan fingerprint density at radius 2 is 2.03 bits per heavy atom. The van der Waals surface area contributed by atoms with Gasteiger partial charge in [0.25, 0.3) is 5.91 Å². The molecule has 2 aliphatic rings. The number of carbonyl (C=O) groups excluding carboxylic acids is 2. The first-order chi connectivity index (χ1) is 14.0. The molecule has 4 rings (SSSR count). The Morgan fingerprint density at radius 1 is 1.24 bits per heavy atom. The first-order valence-electron chi connectivity index (χ1n) is 10.3. The minimum absolute atomic E-state index is 0.0679. The number of thiophene rings is 1. The second-order valence-electron chi connectivity index (χ2n) is 8.17. The van der Waals surface area contributed by atoms with Gasteiger partial charge in [-0.05, 0) is 49.4 Å². The van der Waals surface area contributed by atoms with Crippen molar-refractivity contribution >= 4 is 23.3 Å². The van der Waals surface area contributed by atoms with Gasteiger partial charge in [-0.15, -0.1) is 11.3 Å². The summed E-state index contributed by atoms with van der Waals surface area (Å²) in [4.78, 5) is 35.2. The predicted octanol–water partition coefficient (Wildman–Crippen LogP) is 4.28. The normalized spacial score (nSPS) is 20.4. The molecule has 7 heteroatoms. The number of hydrogen-bond donors (Lipinski definition) is 0. The summed E-state index contributed by atoms with van der Waals surface area (Å²) in [5.74, 6) is 0.587. The zero-order valence-corrected chi connectivity index (χ0v) is 17.7. The summed E-state index contributed by atoms with van der Waals surface area (Å²) in [5.41, 5.74) is 0.888. The molecular weight excluding hydrogens is 386 g/mol. The highest BCUT2D eigenvalue weighted by Gasteiger charge is 2.40. The summed E-state index contributed by atoms with van der Waals surface area (Å²) in [5, 5.41) is 0. The molecule has 0 aromatic carbocycles. The molecule has 2 aliphatic heterocycles. The van der Waals surface area contributed by atoms with Gasteiger partial charge in [-0.25, -0.2) is 4.79 Å². The molecule has 2 saturated heterocycles. The summed E-state index contributed by atoms with van der Waals surface area (Å²) >= 11 is 1.48. The lowest BCUT2D eigenvalue weighted by atomic mass is 9.98. The molecule has 6 nitrogen and oxygen atoms in total. The van der Waals surface area contributed by atoms with Crippen LogP contribution in [0.25, 0.3) is 10.6 Å². The molecule has 0 bridgehead atoms. The number of rotatable bonds is 5. The number of hydrogen-bond acceptors (Lipinski definition) is 5. The van der Waals surface area contributed by atoms with Crippen molar-refractivity contribution in [3.63, 3.8) is 0 Å². The second-order valence-corrected chi connectivity index (χ2v) is 9.25. The van der Waals surface area contributed by atoms with Gasteiger partial charge in [0.2, 0.25) is 0 Å². The monoisotopic (exact) mass is 413 g/mol. The topological polar surface area (TPSA) is 62.7 Å². The number of pyridine rings is 1. The van der Waals surface area contributed by atoms with E-state index in [2.05, 4.69) is 18.8 Å². The molecule has 0 aliphatic carbocycles. The lowest BCUT2D eigenvalue weighted by Crippen LogP contribution is -2.49. The number of amides is 2. The maximum Gasteiger partial charge on any atom is 0.410 e. The lowest BCUT2D eigenvalue weighted by molar-refractivity contribution is 0.0635. The zero-order valence-electron chi connectivity index (χ0n) is 16.9. The fourth-order valence-electron chi connectivity index (χ4n) is 4.25. The van der Waals surface area contributed by atoms with E-state index in [1.165, 1.54) is 11.3 Å². The van der Waals surface area contributed by atoms with E-state index >= 15 is 0 Å². The summed E-state index contributed by atoms with van der Waals surface area (Å²) in [6.07, 6.45) is 4.12. The molecule has 29 heavy (non-hydrogen) atoms. The van der Waals surface area contributed by atoms with Crippen molar-refractivity contribution in [2.45, 2.75) is 45.2 Å². The van der Waals surface area contributed by atoms with Crippen molar-refractivity contribution in [3.05, 3.63) is 41.4 Å². The Morgan fingerprint density at radius 3 is 2.72 bits per heavy atom. The number of likely N-dealkylation sites (tertiary alicyclic amines) is 1. The third-order valence-electron chi connectivity index (χ3n) is 5.63. The third kappa shape index (κ3) is 4.29. The Labute approximate surface area is 175 Å². The minimum atomic E-state index is -0.196. The molecule has 2 aromatic heterocycles. The molecule has 154 valence electrons. The van der Waals surface area contributed by atoms with Gasteiger partial charge in [-0.1, -0.05) is 19.9 Å². The molecule has 0 radical (unpaired) electrons. The van der Waals surface area contributed by atoms with E-state index in [-0.39, 0.29) is 24.1 Å². The highest BCUT2D eigenvalue weighted by molar-refractivity contribution is 7.17. The van der Waals surface area contributed by atoms with E-state index < -0.39 is 0 Å². The number of nitrogens with zero attached hydrogens (tertiary/aromatic N) is 3.